The lowest BCUT2D eigenvalue weighted by Crippen LogP contribution is -2.39. The van der Waals surface area contributed by atoms with Crippen LogP contribution in [0.4, 0.5) is 11.4 Å². The molecule has 0 bridgehead atoms. The third-order valence-electron chi connectivity index (χ3n) is 7.25. The van der Waals surface area contributed by atoms with Gasteiger partial charge in [0, 0.05) is 49.5 Å². The number of nitrogens with zero attached hydrogens (tertiary/aromatic N) is 5. The van der Waals surface area contributed by atoms with E-state index in [9.17, 15) is 9.59 Å². The molecule has 0 radical (unpaired) electrons. The summed E-state index contributed by atoms with van der Waals surface area (Å²) in [5.41, 5.74) is 4.69. The standard InChI is InChI=1S/C28H30N6O3/c1-37-22-12-10-21(11-13-22)34-26-23(25(31-34)27-29-15-4-16-30-27)14-18-33(28(26)36)20-8-6-19(7-9-20)32-17-3-2-5-24(32)35/h6-13H,2-5,14-18H2,1H3,(H,29,30). The van der Waals surface area contributed by atoms with Crippen LogP contribution in [0.1, 0.15) is 47.4 Å². The van der Waals surface area contributed by atoms with Gasteiger partial charge in [0.15, 0.2) is 0 Å². The van der Waals surface area contributed by atoms with Crippen LogP contribution >= 0.6 is 0 Å². The molecule has 190 valence electrons. The van der Waals surface area contributed by atoms with E-state index in [0.29, 0.717) is 25.1 Å². The van der Waals surface area contributed by atoms with Crippen LogP contribution in [0.2, 0.25) is 0 Å². The molecule has 3 aliphatic heterocycles. The van der Waals surface area contributed by atoms with Crippen molar-refractivity contribution >= 4 is 29.0 Å². The lowest BCUT2D eigenvalue weighted by Gasteiger charge is -2.30. The van der Waals surface area contributed by atoms with Gasteiger partial charge in [-0.2, -0.15) is 5.10 Å². The number of methoxy groups -OCH3 is 1. The predicted molar refractivity (Wildman–Crippen MR) is 142 cm³/mol. The number of anilines is 2. The molecule has 3 aromatic rings. The van der Waals surface area contributed by atoms with Gasteiger partial charge in [0.05, 0.1) is 12.8 Å². The quantitative estimate of drug-likeness (QED) is 0.583. The van der Waals surface area contributed by atoms with E-state index in [1.165, 1.54) is 0 Å². The third kappa shape index (κ3) is 4.24. The van der Waals surface area contributed by atoms with Gasteiger partial charge < -0.3 is 19.9 Å². The van der Waals surface area contributed by atoms with E-state index in [1.807, 2.05) is 53.4 Å². The monoisotopic (exact) mass is 498 g/mol. The number of nitrogens with one attached hydrogen (secondary N) is 1. The molecule has 0 spiro atoms. The number of aromatic nitrogens is 2. The minimum absolute atomic E-state index is 0.103. The number of fused-ring (bicyclic) bond motifs is 1. The van der Waals surface area contributed by atoms with Crippen molar-refractivity contribution in [2.24, 2.45) is 4.99 Å². The topological polar surface area (TPSA) is 92.1 Å². The number of amides is 2. The van der Waals surface area contributed by atoms with Gasteiger partial charge in [-0.05, 0) is 74.2 Å². The number of aliphatic imine (C=N–C) groups is 1. The first-order chi connectivity index (χ1) is 18.1. The predicted octanol–water partition coefficient (Wildman–Crippen LogP) is 3.34. The van der Waals surface area contributed by atoms with Crippen LogP contribution in [0.5, 0.6) is 5.75 Å². The molecular formula is C28H30N6O3. The van der Waals surface area contributed by atoms with Gasteiger partial charge in [0.1, 0.15) is 23.0 Å². The van der Waals surface area contributed by atoms with Crippen LogP contribution in [0.25, 0.3) is 5.69 Å². The fourth-order valence-electron chi connectivity index (χ4n) is 5.29. The summed E-state index contributed by atoms with van der Waals surface area (Å²) in [6.07, 6.45) is 4.20. The molecule has 1 saturated heterocycles. The third-order valence-corrected chi connectivity index (χ3v) is 7.25. The van der Waals surface area contributed by atoms with Crippen molar-refractivity contribution in [1.82, 2.24) is 15.1 Å². The summed E-state index contributed by atoms with van der Waals surface area (Å²) in [6.45, 7) is 2.88. The Morgan fingerprint density at radius 1 is 0.838 bits per heavy atom. The van der Waals surface area contributed by atoms with Gasteiger partial charge in [0.25, 0.3) is 5.91 Å². The van der Waals surface area contributed by atoms with Crippen molar-refractivity contribution in [2.45, 2.75) is 32.1 Å². The van der Waals surface area contributed by atoms with E-state index >= 15 is 0 Å². The van der Waals surface area contributed by atoms with Gasteiger partial charge in [-0.3, -0.25) is 14.6 Å². The van der Waals surface area contributed by atoms with Crippen molar-refractivity contribution in [1.29, 1.82) is 0 Å². The van der Waals surface area contributed by atoms with Gasteiger partial charge in [-0.25, -0.2) is 4.68 Å². The number of hydrogen-bond donors (Lipinski definition) is 1. The summed E-state index contributed by atoms with van der Waals surface area (Å²) >= 11 is 0. The highest BCUT2D eigenvalue weighted by Crippen LogP contribution is 2.31. The second-order valence-electron chi connectivity index (χ2n) is 9.52. The number of carbonyl (C=O) groups excluding carboxylic acids is 2. The number of piperidine rings is 1. The SMILES string of the molecule is COc1ccc(-n2nc(C3=NCCCN3)c3c2C(=O)N(c2ccc(N4CCCCC4=O)cc2)CC3)cc1. The first-order valence-corrected chi connectivity index (χ1v) is 12.9. The molecule has 6 rings (SSSR count). The number of benzene rings is 2. The summed E-state index contributed by atoms with van der Waals surface area (Å²) in [7, 11) is 1.63. The van der Waals surface area contributed by atoms with Crippen LogP contribution < -0.4 is 19.9 Å². The molecule has 2 amide bonds. The summed E-state index contributed by atoms with van der Waals surface area (Å²) in [4.78, 5) is 34.6. The van der Waals surface area contributed by atoms with Gasteiger partial charge >= 0.3 is 0 Å². The van der Waals surface area contributed by atoms with Crippen molar-refractivity contribution in [3.8, 4) is 11.4 Å². The smallest absolute Gasteiger partial charge is 0.277 e. The summed E-state index contributed by atoms with van der Waals surface area (Å²) in [5, 5.41) is 8.26. The number of amidine groups is 1. The molecule has 0 unspecified atom stereocenters. The first kappa shape index (κ1) is 23.3. The molecule has 9 heteroatoms. The first-order valence-electron chi connectivity index (χ1n) is 12.9. The highest BCUT2D eigenvalue weighted by atomic mass is 16.5. The number of ether oxygens (including phenoxy) is 1. The highest BCUT2D eigenvalue weighted by Gasteiger charge is 2.35. The maximum Gasteiger partial charge on any atom is 0.277 e. The van der Waals surface area contributed by atoms with E-state index < -0.39 is 0 Å². The largest absolute Gasteiger partial charge is 0.497 e. The molecule has 4 heterocycles. The van der Waals surface area contributed by atoms with Crippen LogP contribution in [-0.2, 0) is 11.2 Å². The average molecular weight is 499 g/mol. The Kier molecular flexibility index (Phi) is 6.12. The maximum atomic E-state index is 14.0. The second kappa shape index (κ2) is 9.72. The Morgan fingerprint density at radius 2 is 1.57 bits per heavy atom. The van der Waals surface area contributed by atoms with Crippen molar-refractivity contribution in [3.05, 3.63) is 65.5 Å². The van der Waals surface area contributed by atoms with Crippen LogP contribution in [0, 0.1) is 0 Å². The number of carbonyl (C=O) groups is 2. The lowest BCUT2D eigenvalue weighted by atomic mass is 10.0. The molecule has 0 atom stereocenters. The Balaban J connectivity index is 1.36. The maximum absolute atomic E-state index is 14.0. The molecule has 1 fully saturated rings. The Labute approximate surface area is 215 Å². The molecule has 1 N–H and O–H groups in total. The zero-order valence-corrected chi connectivity index (χ0v) is 20.9. The summed E-state index contributed by atoms with van der Waals surface area (Å²) in [5.74, 6) is 1.55. The van der Waals surface area contributed by atoms with Gasteiger partial charge in [-0.1, -0.05) is 0 Å². The van der Waals surface area contributed by atoms with Gasteiger partial charge in [0.2, 0.25) is 5.91 Å². The summed E-state index contributed by atoms with van der Waals surface area (Å²) in [6, 6.07) is 15.3. The Hall–Kier alpha value is -4.14. The highest BCUT2D eigenvalue weighted by molar-refractivity contribution is 6.10. The van der Waals surface area contributed by atoms with Crippen molar-refractivity contribution in [3.63, 3.8) is 0 Å². The molecule has 9 nitrogen and oxygen atoms in total. The molecule has 37 heavy (non-hydrogen) atoms. The Morgan fingerprint density at radius 3 is 2.24 bits per heavy atom. The minimum atomic E-state index is -0.103. The molecular weight excluding hydrogens is 468 g/mol. The van der Waals surface area contributed by atoms with E-state index in [4.69, 9.17) is 9.84 Å². The average Bonchev–Trinajstić information content (AvgIpc) is 3.35. The summed E-state index contributed by atoms with van der Waals surface area (Å²) < 4.78 is 7.05. The normalized spacial score (nSPS) is 17.8. The van der Waals surface area contributed by atoms with Crippen molar-refractivity contribution < 1.29 is 14.3 Å². The fourth-order valence-corrected chi connectivity index (χ4v) is 5.29. The zero-order chi connectivity index (χ0) is 25.4. The molecule has 0 aliphatic carbocycles. The second-order valence-corrected chi connectivity index (χ2v) is 9.52. The van der Waals surface area contributed by atoms with E-state index in [1.54, 1.807) is 16.7 Å². The number of hydrogen-bond acceptors (Lipinski definition) is 6. The van der Waals surface area contributed by atoms with Crippen LogP contribution in [0.3, 0.4) is 0 Å². The molecule has 2 aromatic carbocycles. The minimum Gasteiger partial charge on any atom is -0.497 e. The van der Waals surface area contributed by atoms with Crippen LogP contribution in [-0.4, -0.2) is 60.7 Å². The molecule has 0 saturated carbocycles. The van der Waals surface area contributed by atoms with E-state index in [2.05, 4.69) is 10.3 Å². The van der Waals surface area contributed by atoms with Crippen molar-refractivity contribution in [2.75, 3.05) is 43.1 Å². The van der Waals surface area contributed by atoms with Gasteiger partial charge in [-0.15, -0.1) is 0 Å². The Bertz CT molecular complexity index is 1360. The zero-order valence-electron chi connectivity index (χ0n) is 20.9. The number of rotatable bonds is 5. The lowest BCUT2D eigenvalue weighted by molar-refractivity contribution is -0.119. The van der Waals surface area contributed by atoms with E-state index in [0.717, 1.165) is 78.8 Å². The molecule has 1 aromatic heterocycles. The fraction of sp³-hybridized carbons (Fsp3) is 0.357. The van der Waals surface area contributed by atoms with Crippen LogP contribution in [0.15, 0.2) is 53.5 Å². The van der Waals surface area contributed by atoms with E-state index in [-0.39, 0.29) is 11.8 Å². The molecule has 3 aliphatic rings.